The number of benzene rings is 3. The van der Waals surface area contributed by atoms with Crippen LogP contribution in [0.3, 0.4) is 0 Å². The number of nitrogens with one attached hydrogen (secondary N) is 1. The maximum absolute atomic E-state index is 13.4. The van der Waals surface area contributed by atoms with Gasteiger partial charge in [-0.15, -0.1) is 0 Å². The van der Waals surface area contributed by atoms with Crippen molar-refractivity contribution in [1.29, 1.82) is 0 Å². The number of ether oxygens (including phenoxy) is 1. The van der Waals surface area contributed by atoms with Crippen LogP contribution in [-0.4, -0.2) is 28.9 Å². The zero-order valence-corrected chi connectivity index (χ0v) is 19.1. The number of methoxy groups -OCH3 is 1. The first-order chi connectivity index (χ1) is 16.4. The van der Waals surface area contributed by atoms with Crippen molar-refractivity contribution in [3.63, 3.8) is 0 Å². The molecule has 1 unspecified atom stereocenters. The Morgan fingerprint density at radius 1 is 0.971 bits per heavy atom. The van der Waals surface area contributed by atoms with E-state index in [1.165, 1.54) is 4.90 Å². The highest BCUT2D eigenvalue weighted by Crippen LogP contribution is 2.45. The summed E-state index contributed by atoms with van der Waals surface area (Å²) in [4.78, 5) is 31.7. The lowest BCUT2D eigenvalue weighted by atomic mass is 9.93. The molecule has 1 aromatic heterocycles. The number of H-pyrrole nitrogens is 1. The molecular formula is C28H24N2O4. The smallest absolute Gasteiger partial charge is 0.300 e. The summed E-state index contributed by atoms with van der Waals surface area (Å²) in [5, 5.41) is 12.2. The number of para-hydroxylation sites is 1. The number of fused-ring (bicyclic) bond motifs is 1. The minimum atomic E-state index is -0.815. The number of Topliss-reactive ketones (excluding diaryl/α,β-unsaturated/α-hetero) is 1. The molecule has 6 heteroatoms. The van der Waals surface area contributed by atoms with E-state index in [0.717, 1.165) is 27.7 Å². The van der Waals surface area contributed by atoms with Gasteiger partial charge in [0, 0.05) is 39.5 Å². The second kappa shape index (κ2) is 8.23. The number of anilines is 1. The van der Waals surface area contributed by atoms with Crippen LogP contribution in [0.15, 0.2) is 78.4 Å². The molecule has 0 aliphatic carbocycles. The minimum absolute atomic E-state index is 0.0597. The first-order valence-electron chi connectivity index (χ1n) is 11.0. The number of ketones is 1. The number of rotatable bonds is 4. The maximum atomic E-state index is 13.4. The number of amides is 1. The Balaban J connectivity index is 1.81. The van der Waals surface area contributed by atoms with E-state index in [0.29, 0.717) is 17.0 Å². The van der Waals surface area contributed by atoms with Gasteiger partial charge in [-0.3, -0.25) is 14.5 Å². The van der Waals surface area contributed by atoms with Crippen molar-refractivity contribution in [3.8, 4) is 5.75 Å². The summed E-state index contributed by atoms with van der Waals surface area (Å²) in [6.07, 6.45) is 0. The van der Waals surface area contributed by atoms with E-state index in [1.54, 1.807) is 43.5 Å². The molecule has 6 nitrogen and oxygen atoms in total. The van der Waals surface area contributed by atoms with Crippen LogP contribution in [-0.2, 0) is 9.59 Å². The highest BCUT2D eigenvalue weighted by atomic mass is 16.5. The number of carbonyl (C=O) groups excluding carboxylic acids is 2. The highest BCUT2D eigenvalue weighted by molar-refractivity contribution is 6.52. The molecule has 0 bridgehead atoms. The number of nitrogens with zero attached hydrogens (tertiary/aromatic N) is 1. The fourth-order valence-corrected chi connectivity index (χ4v) is 4.65. The molecule has 0 radical (unpaired) electrons. The number of aliphatic hydroxyl groups excluding tert-OH is 1. The van der Waals surface area contributed by atoms with Crippen LogP contribution in [0.1, 0.15) is 28.4 Å². The van der Waals surface area contributed by atoms with Crippen LogP contribution in [0.25, 0.3) is 16.7 Å². The third kappa shape index (κ3) is 3.35. The summed E-state index contributed by atoms with van der Waals surface area (Å²) in [6.45, 7) is 3.85. The van der Waals surface area contributed by atoms with Crippen molar-refractivity contribution in [1.82, 2.24) is 4.98 Å². The van der Waals surface area contributed by atoms with E-state index in [4.69, 9.17) is 4.74 Å². The van der Waals surface area contributed by atoms with Crippen molar-refractivity contribution < 1.29 is 19.4 Å². The van der Waals surface area contributed by atoms with E-state index >= 15 is 0 Å². The van der Waals surface area contributed by atoms with Gasteiger partial charge in [-0.1, -0.05) is 54.1 Å². The predicted octanol–water partition coefficient (Wildman–Crippen LogP) is 5.42. The zero-order valence-electron chi connectivity index (χ0n) is 19.1. The van der Waals surface area contributed by atoms with E-state index in [9.17, 15) is 14.7 Å². The lowest BCUT2D eigenvalue weighted by Crippen LogP contribution is -2.29. The van der Waals surface area contributed by atoms with Gasteiger partial charge in [0.1, 0.15) is 11.5 Å². The summed E-state index contributed by atoms with van der Waals surface area (Å²) < 4.78 is 5.36. The fraction of sp³-hybridized carbons (Fsp3) is 0.143. The molecule has 1 fully saturated rings. The first-order valence-corrected chi connectivity index (χ1v) is 11.0. The molecule has 0 saturated carbocycles. The van der Waals surface area contributed by atoms with Crippen molar-refractivity contribution in [2.45, 2.75) is 19.9 Å². The summed E-state index contributed by atoms with van der Waals surface area (Å²) >= 11 is 0. The summed E-state index contributed by atoms with van der Waals surface area (Å²) in [7, 11) is 1.55. The van der Waals surface area contributed by atoms with Gasteiger partial charge in [0.15, 0.2) is 0 Å². The van der Waals surface area contributed by atoms with Gasteiger partial charge >= 0.3 is 0 Å². The number of aryl methyl sites for hydroxylation is 2. The Hall–Kier alpha value is -4.32. The molecular weight excluding hydrogens is 428 g/mol. The van der Waals surface area contributed by atoms with E-state index in [1.807, 2.05) is 50.2 Å². The topological polar surface area (TPSA) is 82.6 Å². The lowest BCUT2D eigenvalue weighted by Gasteiger charge is -2.26. The third-order valence-corrected chi connectivity index (χ3v) is 6.32. The zero-order chi connectivity index (χ0) is 24.0. The van der Waals surface area contributed by atoms with Gasteiger partial charge in [-0.2, -0.15) is 0 Å². The molecule has 4 aromatic rings. The van der Waals surface area contributed by atoms with Crippen LogP contribution in [0.4, 0.5) is 5.69 Å². The van der Waals surface area contributed by atoms with Crippen LogP contribution < -0.4 is 9.64 Å². The molecule has 1 amide bonds. The minimum Gasteiger partial charge on any atom is -0.507 e. The molecule has 170 valence electrons. The average Bonchev–Trinajstić information content (AvgIpc) is 3.31. The molecule has 34 heavy (non-hydrogen) atoms. The molecule has 5 rings (SSSR count). The number of aliphatic hydroxyl groups is 1. The Bertz CT molecular complexity index is 1460. The Kier molecular flexibility index (Phi) is 5.21. The van der Waals surface area contributed by atoms with Crippen LogP contribution in [0, 0.1) is 13.8 Å². The van der Waals surface area contributed by atoms with Gasteiger partial charge < -0.3 is 14.8 Å². The number of aromatic amines is 1. The average molecular weight is 453 g/mol. The molecule has 2 N–H and O–H groups in total. The summed E-state index contributed by atoms with van der Waals surface area (Å²) in [5.74, 6) is -1.06. The number of hydrogen-bond donors (Lipinski definition) is 2. The van der Waals surface area contributed by atoms with Crippen LogP contribution >= 0.6 is 0 Å². The van der Waals surface area contributed by atoms with Crippen molar-refractivity contribution in [3.05, 3.63) is 101 Å². The normalized spacial score (nSPS) is 17.5. The van der Waals surface area contributed by atoms with Gasteiger partial charge in [0.05, 0.1) is 18.7 Å². The second-order valence-corrected chi connectivity index (χ2v) is 8.45. The predicted molar refractivity (Wildman–Crippen MR) is 132 cm³/mol. The Morgan fingerprint density at radius 2 is 1.71 bits per heavy atom. The SMILES string of the molecule is COc1cccc(N2C(=O)C(=O)/C(=C(/O)c3ccc(C)cc3)C2c2c(C)[nH]c3ccccc23)c1. The second-order valence-electron chi connectivity index (χ2n) is 8.45. The maximum Gasteiger partial charge on any atom is 0.300 e. The monoisotopic (exact) mass is 452 g/mol. The van der Waals surface area contributed by atoms with Gasteiger partial charge in [0.25, 0.3) is 11.7 Å². The van der Waals surface area contributed by atoms with Gasteiger partial charge in [-0.05, 0) is 32.0 Å². The molecule has 3 aromatic carbocycles. The Labute approximate surface area is 197 Å². The molecule has 1 aliphatic rings. The third-order valence-electron chi connectivity index (χ3n) is 6.32. The van der Waals surface area contributed by atoms with Crippen molar-refractivity contribution in [2.24, 2.45) is 0 Å². The highest BCUT2D eigenvalue weighted by Gasteiger charge is 2.48. The molecule has 1 saturated heterocycles. The van der Waals surface area contributed by atoms with Crippen LogP contribution in [0.2, 0.25) is 0 Å². The summed E-state index contributed by atoms with van der Waals surface area (Å²) in [6, 6.07) is 21.2. The first kappa shape index (κ1) is 21.5. The fourth-order valence-electron chi connectivity index (χ4n) is 4.65. The van der Waals surface area contributed by atoms with E-state index in [-0.39, 0.29) is 11.3 Å². The number of carbonyl (C=O) groups is 2. The molecule has 2 heterocycles. The lowest BCUT2D eigenvalue weighted by molar-refractivity contribution is -0.132. The molecule has 1 aliphatic heterocycles. The van der Waals surface area contributed by atoms with Gasteiger partial charge in [-0.25, -0.2) is 0 Å². The van der Waals surface area contributed by atoms with Crippen molar-refractivity contribution >= 4 is 34.0 Å². The molecule has 1 atom stereocenters. The van der Waals surface area contributed by atoms with E-state index < -0.39 is 17.7 Å². The Morgan fingerprint density at radius 3 is 2.44 bits per heavy atom. The quantitative estimate of drug-likeness (QED) is 0.246. The number of hydrogen-bond acceptors (Lipinski definition) is 4. The molecule has 0 spiro atoms. The van der Waals surface area contributed by atoms with Gasteiger partial charge in [0.2, 0.25) is 0 Å². The van der Waals surface area contributed by atoms with Crippen molar-refractivity contribution in [2.75, 3.05) is 12.0 Å². The summed E-state index contributed by atoms with van der Waals surface area (Å²) in [5.41, 5.74) is 4.56. The largest absolute Gasteiger partial charge is 0.507 e. The standard InChI is InChI=1S/C28H24N2O4/c1-16-11-13-18(14-12-16)26(31)24-25(23-17(2)29-22-10-5-4-9-21(22)23)30(28(33)27(24)32)19-7-6-8-20(15-19)34-3/h4-15,25,29,31H,1-3H3/b26-24+. The number of aromatic nitrogens is 1. The van der Waals surface area contributed by atoms with Crippen LogP contribution in [0.5, 0.6) is 5.75 Å². The van der Waals surface area contributed by atoms with E-state index in [2.05, 4.69) is 4.98 Å².